The normalized spacial score (nSPS) is 9.64. The van der Waals surface area contributed by atoms with Crippen LogP contribution in [0, 0.1) is 12.3 Å². The van der Waals surface area contributed by atoms with E-state index in [9.17, 15) is 0 Å². The van der Waals surface area contributed by atoms with Gasteiger partial charge in [-0.15, -0.1) is 17.8 Å². The molecule has 0 radical (unpaired) electrons. The number of hydrogen-bond acceptors (Lipinski definition) is 4. The first-order valence-corrected chi connectivity index (χ1v) is 3.96. The van der Waals surface area contributed by atoms with Crippen molar-refractivity contribution in [2.45, 2.75) is 0 Å². The molecule has 1 aromatic rings. The second-order valence-electron chi connectivity index (χ2n) is 2.19. The lowest BCUT2D eigenvalue weighted by Crippen LogP contribution is -2.19. The molecule has 0 atom stereocenters. The van der Waals surface area contributed by atoms with Gasteiger partial charge >= 0.3 is 0 Å². The highest BCUT2D eigenvalue weighted by Crippen LogP contribution is 2.13. The Morgan fingerprint density at radius 1 is 1.73 bits per heavy atom. The third-order valence-electron chi connectivity index (χ3n) is 0.971. The fourth-order valence-electron chi connectivity index (χ4n) is 0.583. The van der Waals surface area contributed by atoms with Gasteiger partial charge in [-0.1, -0.05) is 0 Å². The van der Waals surface area contributed by atoms with Crippen LogP contribution < -0.4 is 5.43 Å². The molecule has 0 fully saturated rings. The van der Waals surface area contributed by atoms with Crippen LogP contribution in [0.4, 0.5) is 5.13 Å². The number of aromatic nitrogens is 1. The number of terminal acetylenes is 1. The van der Waals surface area contributed by atoms with Crippen LogP contribution in [-0.2, 0) is 0 Å². The number of hydrogen-bond donors (Lipinski definition) is 1. The first-order valence-electron chi connectivity index (χ1n) is 3.08. The van der Waals surface area contributed by atoms with Gasteiger partial charge in [-0.25, -0.2) is 9.99 Å². The first-order chi connectivity index (χ1) is 5.22. The lowest BCUT2D eigenvalue weighted by atomic mass is 10.5. The zero-order valence-corrected chi connectivity index (χ0v) is 7.27. The van der Waals surface area contributed by atoms with Crippen molar-refractivity contribution in [3.8, 4) is 12.3 Å². The van der Waals surface area contributed by atoms with Gasteiger partial charge in [-0.2, -0.15) is 0 Å². The maximum atomic E-state index is 5.15. The van der Waals surface area contributed by atoms with Crippen LogP contribution in [-0.4, -0.2) is 24.1 Å². The van der Waals surface area contributed by atoms with Gasteiger partial charge in [0.2, 0.25) is 0 Å². The van der Waals surface area contributed by atoms with Gasteiger partial charge in [0.1, 0.15) is 5.69 Å². The van der Waals surface area contributed by atoms with Crippen molar-refractivity contribution in [1.29, 1.82) is 0 Å². The van der Waals surface area contributed by atoms with E-state index >= 15 is 0 Å². The van der Waals surface area contributed by atoms with Crippen LogP contribution in [0.15, 0.2) is 5.38 Å². The summed E-state index contributed by atoms with van der Waals surface area (Å²) in [7, 11) is 3.80. The highest BCUT2D eigenvalue weighted by atomic mass is 32.1. The Bertz CT molecular complexity index is 271. The molecule has 0 unspecified atom stereocenters. The van der Waals surface area contributed by atoms with E-state index in [1.54, 1.807) is 0 Å². The molecule has 0 saturated heterocycles. The van der Waals surface area contributed by atoms with E-state index in [4.69, 9.17) is 6.42 Å². The first kappa shape index (κ1) is 8.05. The standard InChI is InChI=1S/C7H9N3S/c1-4-6-5-11-7(8-6)9-10(2)3/h1,5H,2-3H3,(H,8,9). The second kappa shape index (κ2) is 3.37. The lowest BCUT2D eigenvalue weighted by molar-refractivity contribution is 0.495. The van der Waals surface area contributed by atoms with E-state index in [1.807, 2.05) is 24.5 Å². The van der Waals surface area contributed by atoms with Crippen molar-refractivity contribution in [1.82, 2.24) is 9.99 Å². The molecule has 1 heterocycles. The number of nitrogens with zero attached hydrogens (tertiary/aromatic N) is 2. The molecule has 0 spiro atoms. The molecule has 0 aliphatic rings. The molecule has 3 nitrogen and oxygen atoms in total. The van der Waals surface area contributed by atoms with Crippen molar-refractivity contribution < 1.29 is 0 Å². The van der Waals surface area contributed by atoms with Crippen LogP contribution in [0.25, 0.3) is 0 Å². The molecule has 0 aromatic carbocycles. The van der Waals surface area contributed by atoms with Crippen molar-refractivity contribution >= 4 is 16.5 Å². The van der Waals surface area contributed by atoms with Crippen LogP contribution in [0.2, 0.25) is 0 Å². The van der Waals surface area contributed by atoms with Crippen LogP contribution in [0.5, 0.6) is 0 Å². The molecular weight excluding hydrogens is 158 g/mol. The number of rotatable bonds is 2. The zero-order chi connectivity index (χ0) is 8.27. The van der Waals surface area contributed by atoms with Gasteiger partial charge in [0, 0.05) is 19.5 Å². The van der Waals surface area contributed by atoms with E-state index in [0.29, 0.717) is 5.69 Å². The Hall–Kier alpha value is -1.05. The van der Waals surface area contributed by atoms with Gasteiger partial charge in [0.15, 0.2) is 5.13 Å². The van der Waals surface area contributed by atoms with Gasteiger partial charge in [-0.05, 0) is 5.92 Å². The molecule has 0 aliphatic carbocycles. The predicted octanol–water partition coefficient (Wildman–Crippen LogP) is 1.01. The molecule has 1 rings (SSSR count). The third kappa shape index (κ3) is 2.22. The van der Waals surface area contributed by atoms with Crippen molar-refractivity contribution in [2.24, 2.45) is 0 Å². The maximum absolute atomic E-state index is 5.15. The fraction of sp³-hybridized carbons (Fsp3) is 0.286. The van der Waals surface area contributed by atoms with E-state index in [0.717, 1.165) is 5.13 Å². The molecule has 58 valence electrons. The third-order valence-corrected chi connectivity index (χ3v) is 1.72. The number of thiazole rings is 1. The van der Waals surface area contributed by atoms with Gasteiger partial charge in [-0.3, -0.25) is 5.43 Å². The Balaban J connectivity index is 2.67. The minimum atomic E-state index is 0.680. The average molecular weight is 167 g/mol. The number of nitrogens with one attached hydrogen (secondary N) is 1. The Morgan fingerprint density at radius 2 is 2.45 bits per heavy atom. The molecule has 0 saturated carbocycles. The summed E-state index contributed by atoms with van der Waals surface area (Å²) in [6.45, 7) is 0. The summed E-state index contributed by atoms with van der Waals surface area (Å²) in [5, 5.41) is 4.48. The molecule has 0 bridgehead atoms. The molecule has 1 N–H and O–H groups in total. The monoisotopic (exact) mass is 167 g/mol. The minimum absolute atomic E-state index is 0.680. The summed E-state index contributed by atoms with van der Waals surface area (Å²) in [6.07, 6.45) is 5.15. The summed E-state index contributed by atoms with van der Waals surface area (Å²) in [5.41, 5.74) is 3.68. The smallest absolute Gasteiger partial charge is 0.198 e. The molecule has 1 aromatic heterocycles. The maximum Gasteiger partial charge on any atom is 0.198 e. The Kier molecular flexibility index (Phi) is 2.47. The molecule has 11 heavy (non-hydrogen) atoms. The second-order valence-corrected chi connectivity index (χ2v) is 3.05. The number of hydrazine groups is 1. The Labute approximate surface area is 70.0 Å². The summed E-state index contributed by atoms with van der Waals surface area (Å²) >= 11 is 1.50. The highest BCUT2D eigenvalue weighted by Gasteiger charge is 1.98. The van der Waals surface area contributed by atoms with Gasteiger partial charge in [0.05, 0.1) is 0 Å². The van der Waals surface area contributed by atoms with Gasteiger partial charge in [0.25, 0.3) is 0 Å². The molecule has 0 amide bonds. The van der Waals surface area contributed by atoms with Crippen LogP contribution in [0.1, 0.15) is 5.69 Å². The van der Waals surface area contributed by atoms with Gasteiger partial charge < -0.3 is 0 Å². The fourth-order valence-corrected chi connectivity index (χ4v) is 1.31. The van der Waals surface area contributed by atoms with E-state index in [1.165, 1.54) is 11.3 Å². The quantitative estimate of drug-likeness (QED) is 0.526. The van der Waals surface area contributed by atoms with Crippen molar-refractivity contribution in [3.05, 3.63) is 11.1 Å². The highest BCUT2D eigenvalue weighted by molar-refractivity contribution is 7.13. The van der Waals surface area contributed by atoms with Crippen LogP contribution >= 0.6 is 11.3 Å². The molecular formula is C7H9N3S. The van der Waals surface area contributed by atoms with E-state index in [2.05, 4.69) is 16.3 Å². The van der Waals surface area contributed by atoms with Crippen LogP contribution in [0.3, 0.4) is 0 Å². The summed E-state index contributed by atoms with van der Waals surface area (Å²) in [5.74, 6) is 2.46. The van der Waals surface area contributed by atoms with Crippen molar-refractivity contribution in [2.75, 3.05) is 19.5 Å². The molecule has 0 aliphatic heterocycles. The summed E-state index contributed by atoms with van der Waals surface area (Å²) in [4.78, 5) is 4.10. The van der Waals surface area contributed by atoms with Crippen molar-refractivity contribution in [3.63, 3.8) is 0 Å². The van der Waals surface area contributed by atoms with E-state index < -0.39 is 0 Å². The summed E-state index contributed by atoms with van der Waals surface area (Å²) < 4.78 is 0. The molecule has 4 heteroatoms. The zero-order valence-electron chi connectivity index (χ0n) is 6.46. The van der Waals surface area contributed by atoms with E-state index in [-0.39, 0.29) is 0 Å². The average Bonchev–Trinajstić information content (AvgIpc) is 2.34. The SMILES string of the molecule is C#Cc1csc(NN(C)C)n1. The predicted molar refractivity (Wildman–Crippen MR) is 47.4 cm³/mol. The topological polar surface area (TPSA) is 28.2 Å². The number of anilines is 1. The summed E-state index contributed by atoms with van der Waals surface area (Å²) in [6, 6.07) is 0. The Morgan fingerprint density at radius 3 is 2.91 bits per heavy atom. The largest absolute Gasteiger partial charge is 0.295 e. The minimum Gasteiger partial charge on any atom is -0.295 e. The lowest BCUT2D eigenvalue weighted by Gasteiger charge is -2.08.